The van der Waals surface area contributed by atoms with Crippen molar-refractivity contribution >= 4 is 13.4 Å². The second-order valence-electron chi connectivity index (χ2n) is 3.50. The van der Waals surface area contributed by atoms with Gasteiger partial charge in [0.05, 0.1) is 0 Å². The summed E-state index contributed by atoms with van der Waals surface area (Å²) in [7, 11) is -0.271. The lowest BCUT2D eigenvalue weighted by Crippen LogP contribution is -2.43. The number of benzene rings is 1. The fraction of sp³-hybridized carbons (Fsp3) is 0.400. The van der Waals surface area contributed by atoms with Gasteiger partial charge in [-0.2, -0.15) is 0 Å². The first-order chi connectivity index (χ1) is 7.40. The van der Waals surface area contributed by atoms with Crippen molar-refractivity contribution in [1.29, 1.82) is 0 Å². The van der Waals surface area contributed by atoms with Crippen LogP contribution >= 0.6 is 0 Å². The van der Waals surface area contributed by atoms with Gasteiger partial charge in [0.25, 0.3) is 0 Å². The first-order valence-corrected chi connectivity index (χ1v) is 5.19. The zero-order chi connectivity index (χ0) is 10.5. The van der Waals surface area contributed by atoms with Gasteiger partial charge in [-0.3, -0.25) is 0 Å². The van der Waals surface area contributed by atoms with Crippen LogP contribution in [0.4, 0.5) is 5.69 Å². The van der Waals surface area contributed by atoms with Gasteiger partial charge in [-0.25, -0.2) is 0 Å². The third kappa shape index (κ3) is 2.64. The van der Waals surface area contributed by atoms with Crippen LogP contribution in [0.3, 0.4) is 0 Å². The molecule has 15 heavy (non-hydrogen) atoms. The number of rotatable bonds is 3. The van der Waals surface area contributed by atoms with Crippen molar-refractivity contribution in [1.82, 2.24) is 5.32 Å². The highest BCUT2D eigenvalue weighted by atomic mass is 16.5. The third-order valence-corrected chi connectivity index (χ3v) is 2.55. The molecule has 0 saturated carbocycles. The van der Waals surface area contributed by atoms with E-state index in [0.29, 0.717) is 5.75 Å². The predicted molar refractivity (Wildman–Crippen MR) is 61.5 cm³/mol. The van der Waals surface area contributed by atoms with Crippen molar-refractivity contribution in [2.75, 3.05) is 31.1 Å². The highest BCUT2D eigenvalue weighted by Crippen LogP contribution is 2.19. The van der Waals surface area contributed by atoms with E-state index in [1.165, 1.54) is 5.69 Å². The molecule has 2 N–H and O–H groups in total. The highest BCUT2D eigenvalue weighted by Gasteiger charge is 2.09. The van der Waals surface area contributed by atoms with Crippen molar-refractivity contribution in [2.45, 2.75) is 0 Å². The zero-order valence-electron chi connectivity index (χ0n) is 8.65. The van der Waals surface area contributed by atoms with E-state index >= 15 is 0 Å². The summed E-state index contributed by atoms with van der Waals surface area (Å²) < 4.78 is 4.97. The minimum atomic E-state index is -0.271. The minimum absolute atomic E-state index is 0.271. The first kappa shape index (κ1) is 10.3. The molecule has 1 saturated heterocycles. The molecule has 1 aromatic carbocycles. The quantitative estimate of drug-likeness (QED) is 0.668. The van der Waals surface area contributed by atoms with Crippen molar-refractivity contribution < 1.29 is 9.68 Å². The summed E-state index contributed by atoms with van der Waals surface area (Å²) in [4.78, 5) is 2.33. The molecule has 0 spiro atoms. The maximum atomic E-state index is 8.60. The van der Waals surface area contributed by atoms with Crippen LogP contribution in [0.2, 0.25) is 0 Å². The molecular formula is C10H15BN2O2. The van der Waals surface area contributed by atoms with E-state index in [0.717, 1.165) is 26.2 Å². The molecule has 4 nitrogen and oxygen atoms in total. The Bertz CT molecular complexity index is 299. The smallest absolute Gasteiger partial charge is 0.504 e. The molecule has 0 radical (unpaired) electrons. The van der Waals surface area contributed by atoms with Crippen LogP contribution in [0.25, 0.3) is 0 Å². The van der Waals surface area contributed by atoms with Crippen LogP contribution in [-0.2, 0) is 0 Å². The first-order valence-electron chi connectivity index (χ1n) is 5.19. The average Bonchev–Trinajstić information content (AvgIpc) is 2.32. The fourth-order valence-corrected chi connectivity index (χ4v) is 1.75. The second kappa shape index (κ2) is 5.05. The lowest BCUT2D eigenvalue weighted by atomic mass is 10.2. The zero-order valence-corrected chi connectivity index (χ0v) is 8.65. The van der Waals surface area contributed by atoms with Crippen molar-refractivity contribution in [3.63, 3.8) is 0 Å². The summed E-state index contributed by atoms with van der Waals surface area (Å²) in [6, 6.07) is 7.81. The molecule has 80 valence electrons. The van der Waals surface area contributed by atoms with Crippen LogP contribution in [0.1, 0.15) is 0 Å². The number of hydrogen-bond donors (Lipinski definition) is 2. The number of nitrogens with one attached hydrogen (secondary N) is 1. The van der Waals surface area contributed by atoms with Gasteiger partial charge in [0, 0.05) is 31.9 Å². The number of hydrogen-bond acceptors (Lipinski definition) is 4. The van der Waals surface area contributed by atoms with E-state index in [9.17, 15) is 0 Å². The van der Waals surface area contributed by atoms with Gasteiger partial charge in [-0.15, -0.1) is 0 Å². The Labute approximate surface area is 90.2 Å². The second-order valence-corrected chi connectivity index (χ2v) is 3.50. The standard InChI is InChI=1S/C10H15BN2O2/c14-11-15-10-3-1-9(2-4-10)13-7-5-12-6-8-13/h1-4,11-12,14H,5-8H2. The lowest BCUT2D eigenvalue weighted by Gasteiger charge is -2.29. The van der Waals surface area contributed by atoms with Gasteiger partial charge in [-0.1, -0.05) is 0 Å². The molecular weight excluding hydrogens is 191 g/mol. The Morgan fingerprint density at radius 2 is 1.87 bits per heavy atom. The summed E-state index contributed by atoms with van der Waals surface area (Å²) >= 11 is 0. The Hall–Kier alpha value is -1.20. The van der Waals surface area contributed by atoms with Crippen LogP contribution in [0.15, 0.2) is 24.3 Å². The van der Waals surface area contributed by atoms with E-state index in [4.69, 9.17) is 9.68 Å². The van der Waals surface area contributed by atoms with Gasteiger partial charge in [0.1, 0.15) is 5.75 Å². The largest absolute Gasteiger partial charge is 0.539 e. The molecule has 1 aliphatic heterocycles. The van der Waals surface area contributed by atoms with E-state index in [1.807, 2.05) is 24.3 Å². The highest BCUT2D eigenvalue weighted by molar-refractivity contribution is 6.17. The normalized spacial score (nSPS) is 16.2. The number of anilines is 1. The molecule has 0 aromatic heterocycles. The SMILES string of the molecule is OBOc1ccc(N2CCNCC2)cc1. The molecule has 1 aromatic rings. The molecule has 0 amide bonds. The molecule has 0 atom stereocenters. The summed E-state index contributed by atoms with van der Waals surface area (Å²) in [6.45, 7) is 4.16. The van der Waals surface area contributed by atoms with E-state index in [2.05, 4.69) is 10.2 Å². The maximum absolute atomic E-state index is 8.60. The average molecular weight is 206 g/mol. The summed E-state index contributed by atoms with van der Waals surface area (Å²) in [5.41, 5.74) is 1.21. The molecule has 5 heteroatoms. The van der Waals surface area contributed by atoms with E-state index in [1.54, 1.807) is 0 Å². The van der Waals surface area contributed by atoms with Gasteiger partial charge in [-0.05, 0) is 24.3 Å². The van der Waals surface area contributed by atoms with Crippen LogP contribution < -0.4 is 14.9 Å². The predicted octanol–water partition coefficient (Wildman–Crippen LogP) is -0.266. The Kier molecular flexibility index (Phi) is 3.47. The lowest BCUT2D eigenvalue weighted by molar-refractivity contribution is 0.454. The fourth-order valence-electron chi connectivity index (χ4n) is 1.75. The van der Waals surface area contributed by atoms with Crippen molar-refractivity contribution in [3.05, 3.63) is 24.3 Å². The molecule has 1 aliphatic rings. The number of piperazine rings is 1. The van der Waals surface area contributed by atoms with Crippen LogP contribution in [0, 0.1) is 0 Å². The monoisotopic (exact) mass is 206 g/mol. The Morgan fingerprint density at radius 3 is 2.47 bits per heavy atom. The van der Waals surface area contributed by atoms with Crippen LogP contribution in [0.5, 0.6) is 5.75 Å². The summed E-state index contributed by atoms with van der Waals surface area (Å²) in [6.07, 6.45) is 0. The number of nitrogens with zero attached hydrogens (tertiary/aromatic N) is 1. The molecule has 0 aliphatic carbocycles. The summed E-state index contributed by atoms with van der Waals surface area (Å²) in [5.74, 6) is 0.705. The molecule has 1 heterocycles. The van der Waals surface area contributed by atoms with Gasteiger partial charge >= 0.3 is 7.69 Å². The van der Waals surface area contributed by atoms with Gasteiger partial charge < -0.3 is 19.9 Å². The maximum Gasteiger partial charge on any atom is 0.504 e. The molecule has 0 unspecified atom stereocenters. The van der Waals surface area contributed by atoms with Crippen molar-refractivity contribution in [2.24, 2.45) is 0 Å². The third-order valence-electron chi connectivity index (χ3n) is 2.55. The van der Waals surface area contributed by atoms with Gasteiger partial charge in [0.15, 0.2) is 0 Å². The topological polar surface area (TPSA) is 44.7 Å². The Balaban J connectivity index is 2.02. The van der Waals surface area contributed by atoms with Crippen molar-refractivity contribution in [3.8, 4) is 5.75 Å². The molecule has 2 rings (SSSR count). The van der Waals surface area contributed by atoms with Gasteiger partial charge in [0.2, 0.25) is 0 Å². The van der Waals surface area contributed by atoms with Crippen LogP contribution in [-0.4, -0.2) is 38.9 Å². The molecule has 1 fully saturated rings. The Morgan fingerprint density at radius 1 is 1.20 bits per heavy atom. The molecule has 0 bridgehead atoms. The summed E-state index contributed by atoms with van der Waals surface area (Å²) in [5, 5.41) is 11.9. The minimum Gasteiger partial charge on any atom is -0.539 e. The van der Waals surface area contributed by atoms with E-state index < -0.39 is 0 Å². The van der Waals surface area contributed by atoms with E-state index in [-0.39, 0.29) is 7.69 Å².